The van der Waals surface area contributed by atoms with Crippen LogP contribution in [0.1, 0.15) is 47.3 Å². The Kier molecular flexibility index (Phi) is 8.44. The Balaban J connectivity index is 1.87. The molecule has 1 N–H and O–H groups in total. The molecule has 0 fully saturated rings. The van der Waals surface area contributed by atoms with Crippen molar-refractivity contribution in [3.63, 3.8) is 0 Å². The number of carbonyl (C=O) groups excluding carboxylic acids is 2. The molecular formula is C27H29NO4S. The van der Waals surface area contributed by atoms with Gasteiger partial charge in [-0.05, 0) is 56.0 Å². The van der Waals surface area contributed by atoms with Crippen LogP contribution in [-0.4, -0.2) is 25.1 Å². The molecular weight excluding hydrogens is 434 g/mol. The van der Waals surface area contributed by atoms with E-state index in [-0.39, 0.29) is 12.5 Å². The first-order valence-corrected chi connectivity index (χ1v) is 11.9. The molecule has 0 aliphatic rings. The van der Waals surface area contributed by atoms with Gasteiger partial charge in [0.2, 0.25) is 5.91 Å². The Morgan fingerprint density at radius 3 is 2.58 bits per heavy atom. The van der Waals surface area contributed by atoms with E-state index in [9.17, 15) is 9.59 Å². The van der Waals surface area contributed by atoms with Crippen LogP contribution in [0.2, 0.25) is 0 Å². The highest BCUT2D eigenvalue weighted by Gasteiger charge is 2.22. The van der Waals surface area contributed by atoms with Crippen LogP contribution in [0.4, 0.5) is 5.00 Å². The monoisotopic (exact) mass is 463 g/mol. The second-order valence-corrected chi connectivity index (χ2v) is 8.46. The summed E-state index contributed by atoms with van der Waals surface area (Å²) in [6.45, 7) is 8.74. The van der Waals surface area contributed by atoms with Gasteiger partial charge in [-0.1, -0.05) is 43.3 Å². The molecule has 1 amide bonds. The van der Waals surface area contributed by atoms with Crippen molar-refractivity contribution in [2.45, 2.75) is 34.1 Å². The number of anilines is 1. The van der Waals surface area contributed by atoms with Crippen molar-refractivity contribution < 1.29 is 19.1 Å². The first-order chi connectivity index (χ1) is 15.9. The minimum Gasteiger partial charge on any atom is -0.493 e. The van der Waals surface area contributed by atoms with E-state index in [0.717, 1.165) is 34.4 Å². The highest BCUT2D eigenvalue weighted by molar-refractivity contribution is 7.15. The molecule has 5 nitrogen and oxygen atoms in total. The summed E-state index contributed by atoms with van der Waals surface area (Å²) in [7, 11) is 0. The molecule has 3 rings (SSSR count). The van der Waals surface area contributed by atoms with E-state index in [1.807, 2.05) is 68.6 Å². The second kappa shape index (κ2) is 11.5. The SMILES string of the molecule is CCCOc1ccccc1C=CC(=O)Nc1scc(-c2ccc(C)c(C)c2)c1C(=O)OCC. The summed E-state index contributed by atoms with van der Waals surface area (Å²) in [4.78, 5) is 25.5. The number of hydrogen-bond donors (Lipinski definition) is 1. The number of rotatable bonds is 9. The lowest BCUT2D eigenvalue weighted by Crippen LogP contribution is -2.12. The van der Waals surface area contributed by atoms with Gasteiger partial charge >= 0.3 is 5.97 Å². The van der Waals surface area contributed by atoms with E-state index in [4.69, 9.17) is 9.47 Å². The highest BCUT2D eigenvalue weighted by atomic mass is 32.1. The molecule has 172 valence electrons. The summed E-state index contributed by atoms with van der Waals surface area (Å²) < 4.78 is 11.0. The normalized spacial score (nSPS) is 10.9. The maximum absolute atomic E-state index is 12.8. The lowest BCUT2D eigenvalue weighted by molar-refractivity contribution is -0.111. The summed E-state index contributed by atoms with van der Waals surface area (Å²) in [5.41, 5.74) is 5.15. The van der Waals surface area contributed by atoms with Crippen LogP contribution in [0, 0.1) is 13.8 Å². The van der Waals surface area contributed by atoms with Gasteiger partial charge in [0, 0.05) is 22.6 Å². The minimum atomic E-state index is -0.454. The maximum atomic E-state index is 12.8. The van der Waals surface area contributed by atoms with Crippen LogP contribution in [0.3, 0.4) is 0 Å². The molecule has 1 aromatic heterocycles. The maximum Gasteiger partial charge on any atom is 0.341 e. The van der Waals surface area contributed by atoms with Crippen molar-refractivity contribution in [3.05, 3.63) is 76.2 Å². The summed E-state index contributed by atoms with van der Waals surface area (Å²) >= 11 is 1.31. The Morgan fingerprint density at radius 1 is 1.06 bits per heavy atom. The fourth-order valence-corrected chi connectivity index (χ4v) is 4.22. The molecule has 0 radical (unpaired) electrons. The van der Waals surface area contributed by atoms with Crippen LogP contribution in [0.25, 0.3) is 17.2 Å². The highest BCUT2D eigenvalue weighted by Crippen LogP contribution is 2.37. The molecule has 0 saturated carbocycles. The van der Waals surface area contributed by atoms with Gasteiger partial charge in [-0.25, -0.2) is 4.79 Å². The molecule has 1 heterocycles. The number of aryl methyl sites for hydroxylation is 2. The molecule has 33 heavy (non-hydrogen) atoms. The van der Waals surface area contributed by atoms with Crippen molar-refractivity contribution in [1.82, 2.24) is 0 Å². The number of thiophene rings is 1. The molecule has 0 saturated heterocycles. The molecule has 3 aromatic rings. The van der Waals surface area contributed by atoms with Gasteiger partial charge in [-0.15, -0.1) is 11.3 Å². The van der Waals surface area contributed by atoms with Gasteiger partial charge in [0.05, 0.1) is 13.2 Å². The zero-order valence-corrected chi connectivity index (χ0v) is 20.3. The summed E-state index contributed by atoms with van der Waals surface area (Å²) in [5, 5.41) is 5.19. The van der Waals surface area contributed by atoms with Crippen molar-refractivity contribution >= 4 is 34.3 Å². The molecule has 0 aliphatic carbocycles. The van der Waals surface area contributed by atoms with Gasteiger partial charge in [-0.3, -0.25) is 4.79 Å². The smallest absolute Gasteiger partial charge is 0.341 e. The van der Waals surface area contributed by atoms with E-state index in [2.05, 4.69) is 5.32 Å². The minimum absolute atomic E-state index is 0.253. The molecule has 0 atom stereocenters. The zero-order valence-electron chi connectivity index (χ0n) is 19.4. The first kappa shape index (κ1) is 24.3. The molecule has 0 bridgehead atoms. The second-order valence-electron chi connectivity index (χ2n) is 7.58. The third-order valence-electron chi connectivity index (χ3n) is 5.12. The third kappa shape index (κ3) is 6.11. The average molecular weight is 464 g/mol. The summed E-state index contributed by atoms with van der Waals surface area (Å²) in [6.07, 6.45) is 4.05. The van der Waals surface area contributed by atoms with Crippen LogP contribution < -0.4 is 10.1 Å². The molecule has 0 spiro atoms. The molecule has 2 aromatic carbocycles. The number of nitrogens with one attached hydrogen (secondary N) is 1. The predicted octanol–water partition coefficient (Wildman–Crippen LogP) is 6.65. The number of amides is 1. The number of esters is 1. The van der Waals surface area contributed by atoms with Crippen molar-refractivity contribution in [1.29, 1.82) is 0 Å². The van der Waals surface area contributed by atoms with E-state index in [1.54, 1.807) is 13.0 Å². The summed E-state index contributed by atoms with van der Waals surface area (Å²) in [5.74, 6) is -0.0624. The van der Waals surface area contributed by atoms with Crippen molar-refractivity contribution in [2.24, 2.45) is 0 Å². The average Bonchev–Trinajstić information content (AvgIpc) is 3.22. The van der Waals surface area contributed by atoms with Crippen molar-refractivity contribution in [3.8, 4) is 16.9 Å². The van der Waals surface area contributed by atoms with Crippen molar-refractivity contribution in [2.75, 3.05) is 18.5 Å². The number of benzene rings is 2. The third-order valence-corrected chi connectivity index (χ3v) is 6.02. The fourth-order valence-electron chi connectivity index (χ4n) is 3.26. The largest absolute Gasteiger partial charge is 0.493 e. The Hall–Kier alpha value is -3.38. The van der Waals surface area contributed by atoms with E-state index < -0.39 is 5.97 Å². The van der Waals surface area contributed by atoms with Gasteiger partial charge in [-0.2, -0.15) is 0 Å². The van der Waals surface area contributed by atoms with Crippen LogP contribution in [0.5, 0.6) is 5.75 Å². The Bertz CT molecular complexity index is 1160. The first-order valence-electron chi connectivity index (χ1n) is 11.0. The van der Waals surface area contributed by atoms with Gasteiger partial charge in [0.25, 0.3) is 0 Å². The van der Waals surface area contributed by atoms with E-state index in [1.165, 1.54) is 23.0 Å². The molecule has 0 aliphatic heterocycles. The Morgan fingerprint density at radius 2 is 1.85 bits per heavy atom. The fraction of sp³-hybridized carbons (Fsp3) is 0.259. The van der Waals surface area contributed by atoms with E-state index in [0.29, 0.717) is 17.2 Å². The van der Waals surface area contributed by atoms with Gasteiger partial charge in [0.15, 0.2) is 0 Å². The van der Waals surface area contributed by atoms with E-state index >= 15 is 0 Å². The van der Waals surface area contributed by atoms with Crippen LogP contribution in [0.15, 0.2) is 53.9 Å². The summed E-state index contributed by atoms with van der Waals surface area (Å²) in [6, 6.07) is 13.6. The van der Waals surface area contributed by atoms with Crippen LogP contribution >= 0.6 is 11.3 Å². The predicted molar refractivity (Wildman–Crippen MR) is 135 cm³/mol. The lowest BCUT2D eigenvalue weighted by Gasteiger charge is -2.09. The quantitative estimate of drug-likeness (QED) is 0.285. The topological polar surface area (TPSA) is 64.6 Å². The van der Waals surface area contributed by atoms with Gasteiger partial charge < -0.3 is 14.8 Å². The number of ether oxygens (including phenoxy) is 2. The Labute approximate surface area is 199 Å². The number of carbonyl (C=O) groups is 2. The standard InChI is InChI=1S/C27H29NO4S/c1-5-15-32-23-10-8-7-9-20(23)13-14-24(29)28-26-25(27(30)31-6-2)22(17-33-26)21-12-11-18(3)19(4)16-21/h7-14,16-17H,5-6,15H2,1-4H3,(H,28,29). The molecule has 6 heteroatoms. The molecule has 0 unspecified atom stereocenters. The van der Waals surface area contributed by atoms with Gasteiger partial charge in [0.1, 0.15) is 16.3 Å². The van der Waals surface area contributed by atoms with Crippen LogP contribution in [-0.2, 0) is 9.53 Å². The lowest BCUT2D eigenvalue weighted by atomic mass is 9.99. The number of hydrogen-bond acceptors (Lipinski definition) is 5. The zero-order chi connectivity index (χ0) is 23.8. The number of para-hydroxylation sites is 1.